The summed E-state index contributed by atoms with van der Waals surface area (Å²) in [5.74, 6) is -0.879. The van der Waals surface area contributed by atoms with Gasteiger partial charge >= 0.3 is 5.97 Å². The van der Waals surface area contributed by atoms with Crippen molar-refractivity contribution in [2.24, 2.45) is 0 Å². The van der Waals surface area contributed by atoms with Crippen LogP contribution in [0, 0.1) is 0 Å². The molecule has 0 unspecified atom stereocenters. The van der Waals surface area contributed by atoms with Crippen molar-refractivity contribution in [1.29, 1.82) is 0 Å². The molecular weight excluding hydrogens is 496 g/mol. The number of carboxylic acids is 1. The molecule has 0 fully saturated rings. The lowest BCUT2D eigenvalue weighted by molar-refractivity contribution is 0.0106. The van der Waals surface area contributed by atoms with Crippen molar-refractivity contribution in [2.45, 2.75) is 57.0 Å². The van der Waals surface area contributed by atoms with Crippen LogP contribution in [0.3, 0.4) is 0 Å². The highest BCUT2D eigenvalue weighted by Crippen LogP contribution is 2.40. The fraction of sp³-hybridized carbons (Fsp3) is 0.306. The Morgan fingerprint density at radius 2 is 0.875 bits per heavy atom. The van der Waals surface area contributed by atoms with E-state index in [1.54, 1.807) is 30.3 Å². The van der Waals surface area contributed by atoms with E-state index in [-0.39, 0.29) is 0 Å². The minimum absolute atomic E-state index is 0.323. The molecule has 2 N–H and O–H groups in total. The molecule has 0 aromatic heterocycles. The normalized spacial score (nSPS) is 10.9. The van der Waals surface area contributed by atoms with Crippen molar-refractivity contribution in [3.05, 3.63) is 144 Å². The van der Waals surface area contributed by atoms with Gasteiger partial charge in [-0.2, -0.15) is 0 Å². The molecule has 4 rings (SSSR count). The number of aromatic carboxylic acids is 1. The molecule has 0 aliphatic carbocycles. The van der Waals surface area contributed by atoms with E-state index in [9.17, 15) is 4.79 Å². The van der Waals surface area contributed by atoms with E-state index < -0.39 is 11.6 Å². The molecule has 0 spiro atoms. The Kier molecular flexibility index (Phi) is 13.7. The van der Waals surface area contributed by atoms with Gasteiger partial charge in [-0.15, -0.1) is 0 Å². The number of aliphatic hydroxyl groups excluding tert-OH is 1. The highest BCUT2D eigenvalue weighted by Gasteiger charge is 2.37. The van der Waals surface area contributed by atoms with Crippen LogP contribution in [-0.2, 0) is 10.3 Å². The number of carbonyl (C=O) groups is 1. The molecule has 0 aliphatic rings. The third-order valence-electron chi connectivity index (χ3n) is 6.93. The van der Waals surface area contributed by atoms with Gasteiger partial charge in [0.05, 0.1) is 5.56 Å². The van der Waals surface area contributed by atoms with Crippen LogP contribution in [0.4, 0.5) is 0 Å². The Morgan fingerprint density at radius 3 is 1.23 bits per heavy atom. The summed E-state index contributed by atoms with van der Waals surface area (Å²) >= 11 is 0. The summed E-state index contributed by atoms with van der Waals surface area (Å²) in [7, 11) is 0. The van der Waals surface area contributed by atoms with Crippen molar-refractivity contribution < 1.29 is 19.7 Å². The molecule has 0 heterocycles. The average Bonchev–Trinajstić information content (AvgIpc) is 3.02. The van der Waals surface area contributed by atoms with Crippen LogP contribution in [0.2, 0.25) is 0 Å². The molecule has 0 aliphatic heterocycles. The molecule has 0 amide bonds. The molecule has 4 heteroatoms. The van der Waals surface area contributed by atoms with Crippen LogP contribution in [-0.4, -0.2) is 29.4 Å². The fourth-order valence-electron chi connectivity index (χ4n) is 4.85. The van der Waals surface area contributed by atoms with Gasteiger partial charge < -0.3 is 14.9 Å². The van der Waals surface area contributed by atoms with E-state index in [2.05, 4.69) is 91.0 Å². The quantitative estimate of drug-likeness (QED) is 0.118. The van der Waals surface area contributed by atoms with Crippen LogP contribution in [0.1, 0.15) is 78.4 Å². The molecule has 0 radical (unpaired) electrons. The Morgan fingerprint density at radius 1 is 0.525 bits per heavy atom. The van der Waals surface area contributed by atoms with Gasteiger partial charge in [0.25, 0.3) is 0 Å². The zero-order valence-corrected chi connectivity index (χ0v) is 23.3. The maximum atomic E-state index is 10.2. The van der Waals surface area contributed by atoms with Gasteiger partial charge in [0.1, 0.15) is 5.60 Å². The molecule has 0 saturated carbocycles. The number of carboxylic acid groups (broad SMARTS) is 1. The predicted octanol–water partition coefficient (Wildman–Crippen LogP) is 8.49. The Labute approximate surface area is 239 Å². The van der Waals surface area contributed by atoms with Crippen molar-refractivity contribution in [1.82, 2.24) is 0 Å². The molecule has 210 valence electrons. The Bertz CT molecular complexity index is 1100. The van der Waals surface area contributed by atoms with Crippen LogP contribution in [0.5, 0.6) is 0 Å². The van der Waals surface area contributed by atoms with E-state index >= 15 is 0 Å². The summed E-state index contributed by atoms with van der Waals surface area (Å²) in [6, 6.07) is 40.1. The first-order valence-corrected chi connectivity index (χ1v) is 14.4. The molecule has 0 atom stereocenters. The van der Waals surface area contributed by atoms with Crippen LogP contribution < -0.4 is 0 Å². The van der Waals surface area contributed by atoms with Crippen LogP contribution >= 0.6 is 0 Å². The van der Waals surface area contributed by atoms with Crippen molar-refractivity contribution in [2.75, 3.05) is 13.2 Å². The lowest BCUT2D eigenvalue weighted by atomic mass is 9.80. The summed E-state index contributed by atoms with van der Waals surface area (Å²) < 4.78 is 6.82. The van der Waals surface area contributed by atoms with E-state index in [0.717, 1.165) is 42.6 Å². The summed E-state index contributed by atoms with van der Waals surface area (Å²) in [5, 5.41) is 17.2. The highest BCUT2D eigenvalue weighted by atomic mass is 16.5. The number of rotatable bonds is 15. The lowest BCUT2D eigenvalue weighted by Crippen LogP contribution is -2.33. The molecule has 4 aromatic rings. The number of hydrogen-bond acceptors (Lipinski definition) is 3. The maximum Gasteiger partial charge on any atom is 0.335 e. The van der Waals surface area contributed by atoms with Crippen molar-refractivity contribution in [3.8, 4) is 0 Å². The molecule has 4 aromatic carbocycles. The number of ether oxygens (including phenoxy) is 1. The van der Waals surface area contributed by atoms with Crippen LogP contribution in [0.15, 0.2) is 121 Å². The summed E-state index contributed by atoms with van der Waals surface area (Å²) in [6.45, 7) is 1.05. The van der Waals surface area contributed by atoms with Crippen molar-refractivity contribution >= 4 is 5.97 Å². The monoisotopic (exact) mass is 538 g/mol. The molecular formula is C36H42O4. The van der Waals surface area contributed by atoms with Gasteiger partial charge in [-0.05, 0) is 41.7 Å². The molecule has 0 bridgehead atoms. The fourth-order valence-corrected chi connectivity index (χ4v) is 4.85. The minimum Gasteiger partial charge on any atom is -0.478 e. The smallest absolute Gasteiger partial charge is 0.335 e. The zero-order valence-electron chi connectivity index (χ0n) is 23.3. The Hall–Kier alpha value is -3.73. The summed E-state index contributed by atoms with van der Waals surface area (Å²) in [6.07, 6.45) is 9.35. The van der Waals surface area contributed by atoms with Gasteiger partial charge in [0.2, 0.25) is 0 Å². The molecule has 4 nitrogen and oxygen atoms in total. The van der Waals surface area contributed by atoms with Gasteiger partial charge in [0.15, 0.2) is 0 Å². The largest absolute Gasteiger partial charge is 0.478 e. The second-order valence-electron chi connectivity index (χ2n) is 9.85. The first-order valence-electron chi connectivity index (χ1n) is 14.4. The molecule has 40 heavy (non-hydrogen) atoms. The third kappa shape index (κ3) is 9.48. The standard InChI is InChI=1S/C29H36O2.C7H6O2/c30-24-16-5-3-1-2-4-6-17-25-31-29(26-18-10-7-11-19-26,27-20-12-8-13-21-27)28-22-14-9-15-23-28;8-7(9)6-4-2-1-3-5-6/h7-15,18-23,30H,1-6,16-17,24-25H2;1-5H,(H,8,9). The minimum atomic E-state index is -0.879. The third-order valence-corrected chi connectivity index (χ3v) is 6.93. The first-order chi connectivity index (χ1) is 19.7. The average molecular weight is 539 g/mol. The summed E-state index contributed by atoms with van der Waals surface area (Å²) in [4.78, 5) is 10.2. The van der Waals surface area contributed by atoms with Crippen LogP contribution in [0.25, 0.3) is 0 Å². The van der Waals surface area contributed by atoms with Crippen molar-refractivity contribution in [3.63, 3.8) is 0 Å². The van der Waals surface area contributed by atoms with Gasteiger partial charge in [-0.25, -0.2) is 4.79 Å². The zero-order chi connectivity index (χ0) is 28.3. The number of aliphatic hydroxyl groups is 1. The van der Waals surface area contributed by atoms with Gasteiger partial charge in [0, 0.05) is 13.2 Å². The SMILES string of the molecule is O=C(O)c1ccccc1.OCCCCCCCCCCOC(c1ccccc1)(c1ccccc1)c1ccccc1. The van der Waals surface area contributed by atoms with Gasteiger partial charge in [-0.1, -0.05) is 148 Å². The number of benzene rings is 4. The summed E-state index contributed by atoms with van der Waals surface area (Å²) in [5.41, 5.74) is 3.22. The lowest BCUT2D eigenvalue weighted by Gasteiger charge is -2.36. The second kappa shape index (κ2) is 17.8. The Balaban J connectivity index is 0.000000415. The van der Waals surface area contributed by atoms with E-state index in [0.29, 0.717) is 12.2 Å². The number of hydrogen-bond donors (Lipinski definition) is 2. The van der Waals surface area contributed by atoms with E-state index in [4.69, 9.17) is 14.9 Å². The van der Waals surface area contributed by atoms with E-state index in [1.807, 2.05) is 0 Å². The maximum absolute atomic E-state index is 10.2. The second-order valence-corrected chi connectivity index (χ2v) is 9.85. The highest BCUT2D eigenvalue weighted by molar-refractivity contribution is 5.87. The predicted molar refractivity (Wildman–Crippen MR) is 163 cm³/mol. The number of unbranched alkanes of at least 4 members (excludes halogenated alkanes) is 7. The first kappa shape index (κ1) is 30.8. The van der Waals surface area contributed by atoms with E-state index in [1.165, 1.54) is 32.1 Å². The van der Waals surface area contributed by atoms with Gasteiger partial charge in [-0.3, -0.25) is 0 Å². The topological polar surface area (TPSA) is 66.8 Å². The molecule has 0 saturated heterocycles.